The quantitative estimate of drug-likeness (QED) is 0.344. The SMILES string of the molecule is CCCCCCCC(c1ccccc1O)C(CCC)CCCCC. The second-order valence-electron chi connectivity index (χ2n) is 7.41. The normalized spacial score (nSPS) is 13.8. The third-order valence-corrected chi connectivity index (χ3v) is 5.36. The molecule has 2 unspecified atom stereocenters. The van der Waals surface area contributed by atoms with Gasteiger partial charge in [0.05, 0.1) is 0 Å². The second-order valence-corrected chi connectivity index (χ2v) is 7.41. The van der Waals surface area contributed by atoms with E-state index in [9.17, 15) is 5.11 Å². The molecule has 0 aromatic heterocycles. The number of unbranched alkanes of at least 4 members (excludes halogenated alkanes) is 6. The molecule has 24 heavy (non-hydrogen) atoms. The van der Waals surface area contributed by atoms with Crippen molar-refractivity contribution in [3.8, 4) is 5.75 Å². The van der Waals surface area contributed by atoms with Crippen LogP contribution in [0.2, 0.25) is 0 Å². The second kappa shape index (κ2) is 13.3. The van der Waals surface area contributed by atoms with Gasteiger partial charge >= 0.3 is 0 Å². The predicted molar refractivity (Wildman–Crippen MR) is 107 cm³/mol. The molecule has 2 atom stereocenters. The molecule has 0 fully saturated rings. The Balaban J connectivity index is 2.78. The van der Waals surface area contributed by atoms with Gasteiger partial charge in [0.15, 0.2) is 0 Å². The molecule has 0 radical (unpaired) electrons. The topological polar surface area (TPSA) is 20.2 Å². The Hall–Kier alpha value is -0.980. The third-order valence-electron chi connectivity index (χ3n) is 5.36. The van der Waals surface area contributed by atoms with E-state index in [1.807, 2.05) is 12.1 Å². The number of phenolic OH excluding ortho intramolecular Hbond substituents is 1. The van der Waals surface area contributed by atoms with Gasteiger partial charge in [-0.2, -0.15) is 0 Å². The first-order valence-corrected chi connectivity index (χ1v) is 10.5. The summed E-state index contributed by atoms with van der Waals surface area (Å²) >= 11 is 0. The summed E-state index contributed by atoms with van der Waals surface area (Å²) in [5.74, 6) is 1.76. The van der Waals surface area contributed by atoms with E-state index in [0.29, 0.717) is 11.7 Å². The molecule has 1 nitrogen and oxygen atoms in total. The van der Waals surface area contributed by atoms with E-state index in [-0.39, 0.29) is 0 Å². The maximum atomic E-state index is 10.4. The van der Waals surface area contributed by atoms with Gasteiger partial charge in [-0.25, -0.2) is 0 Å². The summed E-state index contributed by atoms with van der Waals surface area (Å²) in [4.78, 5) is 0. The average molecular weight is 333 g/mol. The lowest BCUT2D eigenvalue weighted by atomic mass is 9.77. The summed E-state index contributed by atoms with van der Waals surface area (Å²) < 4.78 is 0. The molecular formula is C23H40O. The Kier molecular flexibility index (Phi) is 11.7. The highest BCUT2D eigenvalue weighted by Gasteiger charge is 2.24. The van der Waals surface area contributed by atoms with Gasteiger partial charge in [0.1, 0.15) is 5.75 Å². The van der Waals surface area contributed by atoms with E-state index in [1.165, 1.54) is 82.6 Å². The third kappa shape index (κ3) is 7.73. The van der Waals surface area contributed by atoms with Crippen LogP contribution in [-0.4, -0.2) is 5.11 Å². The first-order chi connectivity index (χ1) is 11.7. The van der Waals surface area contributed by atoms with Gasteiger partial charge in [-0.05, 0) is 36.3 Å². The minimum absolute atomic E-state index is 0.507. The van der Waals surface area contributed by atoms with Crippen LogP contribution in [-0.2, 0) is 0 Å². The number of benzene rings is 1. The van der Waals surface area contributed by atoms with Gasteiger partial charge in [-0.3, -0.25) is 0 Å². The van der Waals surface area contributed by atoms with Gasteiger partial charge < -0.3 is 5.11 Å². The zero-order valence-electron chi connectivity index (χ0n) is 16.4. The molecule has 0 spiro atoms. The van der Waals surface area contributed by atoms with Crippen molar-refractivity contribution in [1.82, 2.24) is 0 Å². The highest BCUT2D eigenvalue weighted by molar-refractivity contribution is 5.35. The first kappa shape index (κ1) is 21.1. The molecule has 1 rings (SSSR count). The van der Waals surface area contributed by atoms with Gasteiger partial charge in [-0.15, -0.1) is 0 Å². The van der Waals surface area contributed by atoms with E-state index in [4.69, 9.17) is 0 Å². The number of aromatic hydroxyl groups is 1. The van der Waals surface area contributed by atoms with Crippen LogP contribution in [0.1, 0.15) is 109 Å². The van der Waals surface area contributed by atoms with Crippen LogP contribution in [0.25, 0.3) is 0 Å². The fraction of sp³-hybridized carbons (Fsp3) is 0.739. The molecule has 0 aliphatic rings. The van der Waals surface area contributed by atoms with E-state index in [2.05, 4.69) is 32.9 Å². The number of para-hydroxylation sites is 1. The van der Waals surface area contributed by atoms with Crippen LogP contribution in [0.5, 0.6) is 5.75 Å². The Morgan fingerprint density at radius 1 is 0.708 bits per heavy atom. The Morgan fingerprint density at radius 2 is 1.33 bits per heavy atom. The maximum absolute atomic E-state index is 10.4. The van der Waals surface area contributed by atoms with E-state index >= 15 is 0 Å². The van der Waals surface area contributed by atoms with Crippen molar-refractivity contribution >= 4 is 0 Å². The molecule has 0 heterocycles. The summed E-state index contributed by atoms with van der Waals surface area (Å²) in [5.41, 5.74) is 1.20. The molecule has 0 saturated carbocycles. The van der Waals surface area contributed by atoms with Gasteiger partial charge in [-0.1, -0.05) is 103 Å². The van der Waals surface area contributed by atoms with Crippen LogP contribution >= 0.6 is 0 Å². The van der Waals surface area contributed by atoms with Gasteiger partial charge in [0.25, 0.3) is 0 Å². The van der Waals surface area contributed by atoms with Crippen molar-refractivity contribution in [2.24, 2.45) is 5.92 Å². The number of hydrogen-bond donors (Lipinski definition) is 1. The van der Waals surface area contributed by atoms with Crippen molar-refractivity contribution in [2.75, 3.05) is 0 Å². The lowest BCUT2D eigenvalue weighted by Gasteiger charge is -2.28. The lowest BCUT2D eigenvalue weighted by Crippen LogP contribution is -2.14. The smallest absolute Gasteiger partial charge is 0.119 e. The van der Waals surface area contributed by atoms with Gasteiger partial charge in [0.2, 0.25) is 0 Å². The average Bonchev–Trinajstić information content (AvgIpc) is 2.59. The van der Waals surface area contributed by atoms with Crippen molar-refractivity contribution in [2.45, 2.75) is 104 Å². The molecule has 1 aromatic carbocycles. The number of phenols is 1. The number of rotatable bonds is 14. The van der Waals surface area contributed by atoms with Gasteiger partial charge in [0, 0.05) is 0 Å². The molecule has 0 amide bonds. The summed E-state index contributed by atoms with van der Waals surface area (Å²) in [6.07, 6.45) is 15.7. The minimum Gasteiger partial charge on any atom is -0.508 e. The minimum atomic E-state index is 0.507. The van der Waals surface area contributed by atoms with Crippen LogP contribution in [0.4, 0.5) is 0 Å². The summed E-state index contributed by atoms with van der Waals surface area (Å²) in [6.45, 7) is 6.86. The first-order valence-electron chi connectivity index (χ1n) is 10.5. The zero-order chi connectivity index (χ0) is 17.6. The maximum Gasteiger partial charge on any atom is 0.119 e. The number of hydrogen-bond acceptors (Lipinski definition) is 1. The molecule has 1 heteroatoms. The fourth-order valence-corrected chi connectivity index (χ4v) is 3.99. The van der Waals surface area contributed by atoms with Crippen LogP contribution in [0.3, 0.4) is 0 Å². The molecule has 0 aliphatic heterocycles. The Morgan fingerprint density at radius 3 is 2.00 bits per heavy atom. The molecule has 0 bridgehead atoms. The molecule has 0 saturated heterocycles. The van der Waals surface area contributed by atoms with Crippen molar-refractivity contribution < 1.29 is 5.11 Å². The zero-order valence-corrected chi connectivity index (χ0v) is 16.4. The highest BCUT2D eigenvalue weighted by atomic mass is 16.3. The fourth-order valence-electron chi connectivity index (χ4n) is 3.99. The standard InChI is InChI=1S/C23H40O/c1-4-7-9-10-12-17-21(22-18-13-14-19-23(22)24)20(15-6-3)16-11-8-5-2/h13-14,18-21,24H,4-12,15-17H2,1-3H3. The van der Waals surface area contributed by atoms with Crippen molar-refractivity contribution in [3.63, 3.8) is 0 Å². The van der Waals surface area contributed by atoms with Crippen molar-refractivity contribution in [1.29, 1.82) is 0 Å². The Labute approximate surface area is 150 Å². The van der Waals surface area contributed by atoms with Crippen LogP contribution in [0.15, 0.2) is 24.3 Å². The summed E-state index contributed by atoms with van der Waals surface area (Å²) in [5, 5.41) is 10.4. The highest BCUT2D eigenvalue weighted by Crippen LogP contribution is 2.40. The van der Waals surface area contributed by atoms with Crippen molar-refractivity contribution in [3.05, 3.63) is 29.8 Å². The summed E-state index contributed by atoms with van der Waals surface area (Å²) in [7, 11) is 0. The van der Waals surface area contributed by atoms with E-state index in [1.54, 1.807) is 0 Å². The largest absolute Gasteiger partial charge is 0.508 e. The lowest BCUT2D eigenvalue weighted by molar-refractivity contribution is 0.323. The van der Waals surface area contributed by atoms with E-state index in [0.717, 1.165) is 5.92 Å². The van der Waals surface area contributed by atoms with Crippen LogP contribution < -0.4 is 0 Å². The Bertz CT molecular complexity index is 412. The molecule has 0 aliphatic carbocycles. The van der Waals surface area contributed by atoms with Crippen LogP contribution in [0, 0.1) is 5.92 Å². The monoisotopic (exact) mass is 332 g/mol. The summed E-state index contributed by atoms with van der Waals surface area (Å²) in [6, 6.07) is 8.07. The molecule has 1 N–H and O–H groups in total. The molecule has 1 aromatic rings. The predicted octanol–water partition coefficient (Wildman–Crippen LogP) is 7.83. The molecule has 138 valence electrons. The van der Waals surface area contributed by atoms with E-state index < -0.39 is 0 Å². The molecular weight excluding hydrogens is 292 g/mol.